The fourth-order valence-electron chi connectivity index (χ4n) is 1.39. The zero-order chi connectivity index (χ0) is 16.3. The van der Waals surface area contributed by atoms with Crippen LogP contribution >= 0.6 is 22.9 Å². The zero-order valence-electron chi connectivity index (χ0n) is 11.3. The predicted octanol–water partition coefficient (Wildman–Crippen LogP) is 1.41. The Morgan fingerprint density at radius 3 is 2.73 bits per heavy atom. The van der Waals surface area contributed by atoms with E-state index in [0.29, 0.717) is 5.69 Å². The van der Waals surface area contributed by atoms with Crippen molar-refractivity contribution in [3.63, 3.8) is 0 Å². The van der Waals surface area contributed by atoms with E-state index in [0.717, 1.165) is 11.3 Å². The van der Waals surface area contributed by atoms with Crippen molar-refractivity contribution in [2.24, 2.45) is 0 Å². The van der Waals surface area contributed by atoms with E-state index in [2.05, 4.69) is 20.3 Å². The number of aryl methyl sites for hydroxylation is 1. The van der Waals surface area contributed by atoms with E-state index in [-0.39, 0.29) is 21.2 Å². The molecule has 118 valence electrons. The second-order valence-corrected chi connectivity index (χ2v) is 6.96. The molecule has 0 bridgehead atoms. The maximum Gasteiger partial charge on any atom is 0.335 e. The Labute approximate surface area is 134 Å². The molecular formula is C10H10ClN5O4S2. The summed E-state index contributed by atoms with van der Waals surface area (Å²) in [7, 11) is -2.71. The summed E-state index contributed by atoms with van der Waals surface area (Å²) < 4.78 is 30.4. The molecule has 0 saturated heterocycles. The summed E-state index contributed by atoms with van der Waals surface area (Å²) in [6, 6.07) is 0.522. The molecule has 2 aromatic rings. The Balaban J connectivity index is 2.14. The molecule has 0 aliphatic rings. The standard InChI is InChI=1S/C10H10ClN5O4S2/c1-5-3-6(20-2)14-9(13-5)15-10(17)16-22(18,19)8-7(11)12-4-21-8/h3-4H,1-2H3,(H2,13,14,15,16,17). The molecule has 2 heterocycles. The first-order valence-corrected chi connectivity index (χ1v) is 8.38. The van der Waals surface area contributed by atoms with Crippen molar-refractivity contribution in [2.75, 3.05) is 12.4 Å². The average Bonchev–Trinajstić information content (AvgIpc) is 2.84. The summed E-state index contributed by atoms with van der Waals surface area (Å²) in [5.41, 5.74) is 1.79. The molecule has 2 aromatic heterocycles. The highest BCUT2D eigenvalue weighted by atomic mass is 35.5. The number of sulfonamides is 1. The maximum absolute atomic E-state index is 12.0. The van der Waals surface area contributed by atoms with Crippen LogP contribution in [0.1, 0.15) is 5.69 Å². The minimum atomic E-state index is -4.12. The number of amides is 2. The SMILES string of the molecule is COc1cc(C)nc(NC(=O)NS(=O)(=O)c2scnc2Cl)n1. The average molecular weight is 364 g/mol. The molecule has 0 radical (unpaired) electrons. The van der Waals surface area contributed by atoms with Gasteiger partial charge in [-0.05, 0) is 6.92 Å². The Kier molecular flexibility index (Phi) is 4.78. The van der Waals surface area contributed by atoms with Crippen molar-refractivity contribution in [3.8, 4) is 5.88 Å². The van der Waals surface area contributed by atoms with Gasteiger partial charge in [0.25, 0.3) is 10.0 Å². The molecule has 2 amide bonds. The largest absolute Gasteiger partial charge is 0.481 e. The number of halogens is 1. The van der Waals surface area contributed by atoms with E-state index in [1.165, 1.54) is 12.6 Å². The minimum Gasteiger partial charge on any atom is -0.481 e. The van der Waals surface area contributed by atoms with Crippen molar-refractivity contribution in [3.05, 3.63) is 22.4 Å². The van der Waals surface area contributed by atoms with Gasteiger partial charge in [0, 0.05) is 11.8 Å². The Morgan fingerprint density at radius 2 is 2.14 bits per heavy atom. The van der Waals surface area contributed by atoms with Crippen LogP contribution in [-0.4, -0.2) is 36.5 Å². The maximum atomic E-state index is 12.0. The lowest BCUT2D eigenvalue weighted by Gasteiger charge is -2.08. The number of carbonyl (C=O) groups excluding carboxylic acids is 1. The molecule has 12 heteroatoms. The van der Waals surface area contributed by atoms with Gasteiger partial charge in [0.1, 0.15) is 0 Å². The van der Waals surface area contributed by atoms with Crippen molar-refractivity contribution in [1.82, 2.24) is 19.7 Å². The Bertz CT molecular complexity index is 807. The molecule has 0 aromatic carbocycles. The fourth-order valence-corrected chi connectivity index (χ4v) is 3.76. The van der Waals surface area contributed by atoms with E-state index in [1.807, 2.05) is 0 Å². The molecule has 0 fully saturated rings. The van der Waals surface area contributed by atoms with Gasteiger partial charge in [-0.25, -0.2) is 27.9 Å². The quantitative estimate of drug-likeness (QED) is 0.841. The molecule has 0 spiro atoms. The van der Waals surface area contributed by atoms with Crippen LogP contribution in [0.15, 0.2) is 15.8 Å². The number of nitrogens with one attached hydrogen (secondary N) is 2. The van der Waals surface area contributed by atoms with Gasteiger partial charge in [0.05, 0.1) is 12.6 Å². The van der Waals surface area contributed by atoms with Gasteiger partial charge in [-0.2, -0.15) is 4.98 Å². The van der Waals surface area contributed by atoms with Crippen LogP contribution in [-0.2, 0) is 10.0 Å². The van der Waals surface area contributed by atoms with Crippen LogP contribution in [0.4, 0.5) is 10.7 Å². The number of anilines is 1. The predicted molar refractivity (Wildman–Crippen MR) is 79.8 cm³/mol. The number of carbonyl (C=O) groups is 1. The number of methoxy groups -OCH3 is 1. The summed E-state index contributed by atoms with van der Waals surface area (Å²) in [5, 5.41) is 2.00. The van der Waals surface area contributed by atoms with Gasteiger partial charge in [-0.15, -0.1) is 11.3 Å². The number of hydrogen-bond donors (Lipinski definition) is 2. The second-order valence-electron chi connectivity index (χ2n) is 3.87. The molecule has 22 heavy (non-hydrogen) atoms. The van der Waals surface area contributed by atoms with Gasteiger partial charge in [-0.3, -0.25) is 5.32 Å². The normalized spacial score (nSPS) is 11.0. The molecule has 0 saturated carbocycles. The molecule has 0 unspecified atom stereocenters. The third-order valence-corrected chi connectivity index (χ3v) is 5.44. The minimum absolute atomic E-state index is 0.0973. The first-order chi connectivity index (χ1) is 10.3. The van der Waals surface area contributed by atoms with Crippen LogP contribution in [0, 0.1) is 6.92 Å². The van der Waals surface area contributed by atoms with Crippen molar-refractivity contribution in [2.45, 2.75) is 11.1 Å². The van der Waals surface area contributed by atoms with Crippen molar-refractivity contribution >= 4 is 44.9 Å². The van der Waals surface area contributed by atoms with E-state index >= 15 is 0 Å². The van der Waals surface area contributed by atoms with Crippen LogP contribution in [0.3, 0.4) is 0 Å². The first-order valence-electron chi connectivity index (χ1n) is 5.64. The topological polar surface area (TPSA) is 123 Å². The number of thiazole rings is 1. The van der Waals surface area contributed by atoms with Gasteiger partial charge in [-0.1, -0.05) is 11.6 Å². The fraction of sp³-hybridized carbons (Fsp3) is 0.200. The van der Waals surface area contributed by atoms with Gasteiger partial charge >= 0.3 is 6.03 Å². The first kappa shape index (κ1) is 16.4. The molecule has 0 aliphatic carbocycles. The molecule has 9 nitrogen and oxygen atoms in total. The number of rotatable bonds is 4. The lowest BCUT2D eigenvalue weighted by Crippen LogP contribution is -2.34. The van der Waals surface area contributed by atoms with Gasteiger partial charge < -0.3 is 4.74 Å². The number of nitrogens with zero attached hydrogens (tertiary/aromatic N) is 3. The lowest BCUT2D eigenvalue weighted by atomic mass is 10.4. The number of urea groups is 1. The summed E-state index contributed by atoms with van der Waals surface area (Å²) >= 11 is 6.42. The highest BCUT2D eigenvalue weighted by Gasteiger charge is 2.23. The summed E-state index contributed by atoms with van der Waals surface area (Å²) in [6.07, 6.45) is 0. The Morgan fingerprint density at radius 1 is 1.41 bits per heavy atom. The van der Waals surface area contributed by atoms with E-state index in [4.69, 9.17) is 16.3 Å². The van der Waals surface area contributed by atoms with Gasteiger partial charge in [0.2, 0.25) is 11.8 Å². The van der Waals surface area contributed by atoms with E-state index in [1.54, 1.807) is 17.7 Å². The highest BCUT2D eigenvalue weighted by Crippen LogP contribution is 2.23. The molecule has 0 aliphatic heterocycles. The third kappa shape index (κ3) is 3.81. The number of aromatic nitrogens is 3. The second kappa shape index (κ2) is 6.42. The van der Waals surface area contributed by atoms with Crippen molar-refractivity contribution < 1.29 is 17.9 Å². The zero-order valence-corrected chi connectivity index (χ0v) is 13.7. The van der Waals surface area contributed by atoms with E-state index < -0.39 is 16.1 Å². The Hall–Kier alpha value is -1.98. The van der Waals surface area contributed by atoms with Crippen LogP contribution in [0.5, 0.6) is 5.88 Å². The summed E-state index contributed by atoms with van der Waals surface area (Å²) in [4.78, 5) is 23.2. The molecule has 2 rings (SSSR count). The molecule has 2 N–H and O–H groups in total. The molecular weight excluding hydrogens is 354 g/mol. The van der Waals surface area contributed by atoms with Crippen molar-refractivity contribution in [1.29, 1.82) is 0 Å². The monoisotopic (exact) mass is 363 g/mol. The highest BCUT2D eigenvalue weighted by molar-refractivity contribution is 7.92. The smallest absolute Gasteiger partial charge is 0.335 e. The summed E-state index contributed by atoms with van der Waals surface area (Å²) in [5.74, 6) is 0.135. The van der Waals surface area contributed by atoms with E-state index in [9.17, 15) is 13.2 Å². The van der Waals surface area contributed by atoms with Gasteiger partial charge in [0.15, 0.2) is 9.36 Å². The van der Waals surface area contributed by atoms with Crippen LogP contribution in [0.2, 0.25) is 5.15 Å². The van der Waals surface area contributed by atoms with Crippen LogP contribution < -0.4 is 14.8 Å². The molecule has 0 atom stereocenters. The lowest BCUT2D eigenvalue weighted by molar-refractivity contribution is 0.256. The van der Waals surface area contributed by atoms with Crippen LogP contribution in [0.25, 0.3) is 0 Å². The summed E-state index contributed by atoms with van der Waals surface area (Å²) in [6.45, 7) is 1.67. The number of ether oxygens (including phenoxy) is 1. The third-order valence-electron chi connectivity index (χ3n) is 2.23. The number of hydrogen-bond acceptors (Lipinski definition) is 8.